The van der Waals surface area contributed by atoms with Gasteiger partial charge in [-0.15, -0.1) is 0 Å². The Labute approximate surface area is 136 Å². The van der Waals surface area contributed by atoms with Crippen LogP contribution in [0.4, 0.5) is 5.95 Å². The van der Waals surface area contributed by atoms with Crippen LogP contribution in [0, 0.1) is 0 Å². The molecule has 23 heavy (non-hydrogen) atoms. The molecule has 1 amide bonds. The van der Waals surface area contributed by atoms with Crippen LogP contribution in [0.1, 0.15) is 50.7 Å². The van der Waals surface area contributed by atoms with E-state index in [1.54, 1.807) is 6.33 Å². The maximum Gasteiger partial charge on any atom is 0.232 e. The van der Waals surface area contributed by atoms with Crippen molar-refractivity contribution in [2.24, 2.45) is 7.05 Å². The molecule has 1 aliphatic rings. The van der Waals surface area contributed by atoms with E-state index in [4.69, 9.17) is 4.98 Å². The van der Waals surface area contributed by atoms with Crippen LogP contribution < -0.4 is 5.32 Å². The van der Waals surface area contributed by atoms with E-state index in [1.807, 2.05) is 17.8 Å². The van der Waals surface area contributed by atoms with Crippen LogP contribution >= 0.6 is 0 Å². The van der Waals surface area contributed by atoms with Gasteiger partial charge in [0.15, 0.2) is 0 Å². The molecule has 0 radical (unpaired) electrons. The Hall–Kier alpha value is -2.11. The number of anilines is 1. The molecule has 0 fully saturated rings. The van der Waals surface area contributed by atoms with Gasteiger partial charge in [0.1, 0.15) is 0 Å². The van der Waals surface area contributed by atoms with E-state index in [0.717, 1.165) is 24.2 Å². The molecule has 0 aromatic carbocycles. The van der Waals surface area contributed by atoms with Gasteiger partial charge in [-0.05, 0) is 46.5 Å². The van der Waals surface area contributed by atoms with Crippen LogP contribution in [0.25, 0.3) is 0 Å². The summed E-state index contributed by atoms with van der Waals surface area (Å²) in [5, 5.41) is 3.00. The van der Waals surface area contributed by atoms with Crippen LogP contribution in [-0.4, -0.2) is 25.0 Å². The summed E-state index contributed by atoms with van der Waals surface area (Å²) < 4.78 is 4.04. The van der Waals surface area contributed by atoms with Crippen LogP contribution in [-0.2, 0) is 36.6 Å². The minimum atomic E-state index is -0.106. The lowest BCUT2D eigenvalue weighted by Crippen LogP contribution is -2.28. The molecule has 3 rings (SSSR count). The van der Waals surface area contributed by atoms with Gasteiger partial charge in [0.25, 0.3) is 0 Å². The fraction of sp³-hybridized carbons (Fsp3) is 0.588. The molecule has 0 unspecified atom stereocenters. The van der Waals surface area contributed by atoms with Crippen molar-refractivity contribution < 1.29 is 4.79 Å². The first kappa shape index (κ1) is 15.8. The monoisotopic (exact) mass is 315 g/mol. The third-order valence-corrected chi connectivity index (χ3v) is 4.15. The number of carbonyl (C=O) groups excluding carboxylic acids is 1. The summed E-state index contributed by atoms with van der Waals surface area (Å²) in [4.78, 5) is 21.3. The fourth-order valence-corrected chi connectivity index (χ4v) is 3.24. The lowest BCUT2D eigenvalue weighted by Gasteiger charge is -2.27. The molecule has 0 saturated heterocycles. The second kappa shape index (κ2) is 5.83. The van der Waals surface area contributed by atoms with Gasteiger partial charge in [0.05, 0.1) is 24.1 Å². The highest BCUT2D eigenvalue weighted by Gasteiger charge is 2.27. The Morgan fingerprint density at radius 1 is 1.30 bits per heavy atom. The number of fused-ring (bicyclic) bond motifs is 1. The predicted octanol–water partition coefficient (Wildman–Crippen LogP) is 2.43. The highest BCUT2D eigenvalue weighted by molar-refractivity contribution is 5.90. The third-order valence-electron chi connectivity index (χ3n) is 4.15. The first-order valence-corrected chi connectivity index (χ1v) is 8.22. The van der Waals surface area contributed by atoms with Crippen molar-refractivity contribution in [1.82, 2.24) is 19.1 Å². The van der Waals surface area contributed by atoms with E-state index >= 15 is 0 Å². The van der Waals surface area contributed by atoms with Gasteiger partial charge >= 0.3 is 0 Å². The molecule has 0 aliphatic heterocycles. The number of hydrogen-bond donors (Lipinski definition) is 1. The van der Waals surface area contributed by atoms with Gasteiger partial charge in [-0.3, -0.25) is 10.1 Å². The molecule has 0 atom stereocenters. The second-order valence-electron chi connectivity index (χ2n) is 7.30. The molecule has 6 heteroatoms. The number of rotatable bonds is 3. The van der Waals surface area contributed by atoms with Crippen LogP contribution in [0.15, 0.2) is 12.5 Å². The van der Waals surface area contributed by atoms with Gasteiger partial charge in [0, 0.05) is 24.5 Å². The zero-order valence-corrected chi connectivity index (χ0v) is 14.4. The molecule has 124 valence electrons. The summed E-state index contributed by atoms with van der Waals surface area (Å²) in [6.07, 6.45) is 8.24. The molecule has 0 spiro atoms. The van der Waals surface area contributed by atoms with Gasteiger partial charge in [0.2, 0.25) is 11.9 Å². The summed E-state index contributed by atoms with van der Waals surface area (Å²) in [7, 11) is 1.90. The van der Waals surface area contributed by atoms with Crippen LogP contribution in [0.2, 0.25) is 0 Å². The topological polar surface area (TPSA) is 64.7 Å². The average Bonchev–Trinajstić information content (AvgIpc) is 3.00. The van der Waals surface area contributed by atoms with Crippen LogP contribution in [0.3, 0.4) is 0 Å². The van der Waals surface area contributed by atoms with Gasteiger partial charge < -0.3 is 9.13 Å². The Kier molecular flexibility index (Phi) is 4.00. The minimum absolute atomic E-state index is 0.0726. The number of nitrogens with one attached hydrogen (secondary N) is 1. The Morgan fingerprint density at radius 3 is 2.70 bits per heavy atom. The van der Waals surface area contributed by atoms with Crippen LogP contribution in [0.5, 0.6) is 0 Å². The van der Waals surface area contributed by atoms with Crippen molar-refractivity contribution in [2.75, 3.05) is 5.32 Å². The Bertz CT molecular complexity index is 720. The lowest BCUT2D eigenvalue weighted by atomic mass is 9.99. The van der Waals surface area contributed by atoms with Gasteiger partial charge in [-0.1, -0.05) is 0 Å². The van der Waals surface area contributed by atoms with Crippen molar-refractivity contribution in [3.05, 3.63) is 29.6 Å². The molecule has 1 N–H and O–H groups in total. The van der Waals surface area contributed by atoms with Crippen molar-refractivity contribution in [3.63, 3.8) is 0 Å². The lowest BCUT2D eigenvalue weighted by molar-refractivity contribution is -0.115. The summed E-state index contributed by atoms with van der Waals surface area (Å²) in [6.45, 7) is 6.45. The van der Waals surface area contributed by atoms with Crippen molar-refractivity contribution >= 4 is 11.9 Å². The molecule has 1 aliphatic carbocycles. The average molecular weight is 315 g/mol. The number of carbonyl (C=O) groups is 1. The quantitative estimate of drug-likeness (QED) is 0.946. The van der Waals surface area contributed by atoms with E-state index in [9.17, 15) is 4.79 Å². The summed E-state index contributed by atoms with van der Waals surface area (Å²) in [5.41, 5.74) is 3.07. The van der Waals surface area contributed by atoms with Gasteiger partial charge in [-0.2, -0.15) is 0 Å². The molecule has 6 nitrogen and oxygen atoms in total. The van der Waals surface area contributed by atoms with Crippen molar-refractivity contribution in [2.45, 2.75) is 58.4 Å². The molecule has 2 aromatic rings. The zero-order chi connectivity index (χ0) is 16.6. The molecular formula is C17H25N5O. The summed E-state index contributed by atoms with van der Waals surface area (Å²) >= 11 is 0. The zero-order valence-electron chi connectivity index (χ0n) is 14.4. The second-order valence-corrected chi connectivity index (χ2v) is 7.30. The number of imidazole rings is 2. The number of amides is 1. The standard InChI is InChI=1S/C17H25N5O/c1-17(2,3)22-14-8-6-5-7-13(14)19-16(22)20-15(23)9-12-10-21(4)11-18-12/h10-11H,5-9H2,1-4H3,(H,19,20,23). The van der Waals surface area contributed by atoms with Gasteiger partial charge in [-0.25, -0.2) is 9.97 Å². The van der Waals surface area contributed by atoms with E-state index < -0.39 is 0 Å². The smallest absolute Gasteiger partial charge is 0.232 e. The maximum absolute atomic E-state index is 12.4. The molecule has 2 aromatic heterocycles. The van der Waals surface area contributed by atoms with Crippen molar-refractivity contribution in [3.8, 4) is 0 Å². The summed E-state index contributed by atoms with van der Waals surface area (Å²) in [5.74, 6) is 0.599. The first-order chi connectivity index (χ1) is 10.8. The van der Waals surface area contributed by atoms with E-state index in [0.29, 0.717) is 5.95 Å². The maximum atomic E-state index is 12.4. The third kappa shape index (κ3) is 3.30. The largest absolute Gasteiger partial charge is 0.340 e. The SMILES string of the molecule is Cn1cnc(CC(=O)Nc2nc3c(n2C(C)(C)C)CCCC3)c1. The highest BCUT2D eigenvalue weighted by atomic mass is 16.1. The first-order valence-electron chi connectivity index (χ1n) is 8.22. The highest BCUT2D eigenvalue weighted by Crippen LogP contribution is 2.30. The number of nitrogens with zero attached hydrogens (tertiary/aromatic N) is 4. The fourth-order valence-electron chi connectivity index (χ4n) is 3.24. The normalized spacial score (nSPS) is 14.6. The minimum Gasteiger partial charge on any atom is -0.340 e. The Balaban J connectivity index is 1.84. The predicted molar refractivity (Wildman–Crippen MR) is 89.4 cm³/mol. The Morgan fingerprint density at radius 2 is 2.04 bits per heavy atom. The number of hydrogen-bond acceptors (Lipinski definition) is 3. The molecule has 2 heterocycles. The number of aromatic nitrogens is 4. The number of aryl methyl sites for hydroxylation is 2. The van der Waals surface area contributed by atoms with Crippen molar-refractivity contribution in [1.29, 1.82) is 0 Å². The summed E-state index contributed by atoms with van der Waals surface area (Å²) in [6, 6.07) is 0. The van der Waals surface area contributed by atoms with E-state index in [2.05, 4.69) is 35.6 Å². The molecule has 0 saturated carbocycles. The van der Waals surface area contributed by atoms with E-state index in [1.165, 1.54) is 18.5 Å². The molecular weight excluding hydrogens is 290 g/mol. The van der Waals surface area contributed by atoms with E-state index in [-0.39, 0.29) is 17.9 Å². The molecule has 0 bridgehead atoms.